The molecule has 0 aliphatic carbocycles. The average molecular weight is 728 g/mol. The Balaban J connectivity index is 1.04. The Morgan fingerprint density at radius 2 is 1.76 bits per heavy atom. The van der Waals surface area contributed by atoms with Gasteiger partial charge in [-0.1, -0.05) is 36.4 Å². The number of fused-ring (bicyclic) bond motifs is 2. The van der Waals surface area contributed by atoms with E-state index >= 15 is 8.78 Å². The molecule has 1 unspecified atom stereocenters. The second-order valence-electron chi connectivity index (χ2n) is 12.1. The SMILES string of the molecule is COc1cc2c(Oc3cc(F)c(NC(=S)NN4C(=O)C=CSC4c4ccc5ccccc5c4)c(F)c3)ccnc2cc1OCCCN1CCCC1. The maximum Gasteiger partial charge on any atom is 0.266 e. The molecular formula is C38H35F2N5O4S2. The van der Waals surface area contributed by atoms with Gasteiger partial charge >= 0.3 is 0 Å². The fourth-order valence-electron chi connectivity index (χ4n) is 6.20. The minimum absolute atomic E-state index is 0.0766. The zero-order valence-electron chi connectivity index (χ0n) is 27.7. The first-order valence-corrected chi connectivity index (χ1v) is 17.9. The van der Waals surface area contributed by atoms with Crippen molar-refractivity contribution in [3.05, 3.63) is 108 Å². The van der Waals surface area contributed by atoms with Crippen LogP contribution in [0.5, 0.6) is 23.0 Å². The molecule has 0 bridgehead atoms. The van der Waals surface area contributed by atoms with Gasteiger partial charge in [-0.2, -0.15) is 0 Å². The van der Waals surface area contributed by atoms with Crippen LogP contribution in [0.3, 0.4) is 0 Å². The molecule has 7 rings (SSSR count). The minimum Gasteiger partial charge on any atom is -0.493 e. The maximum atomic E-state index is 15.4. The third kappa shape index (κ3) is 7.85. The Bertz CT molecular complexity index is 2100. The summed E-state index contributed by atoms with van der Waals surface area (Å²) in [6.45, 7) is 3.78. The standard InChI is InChI=1S/C38H35F2N5O4S2/c1-47-33-22-28-31(23-34(33)48-17-6-16-44-14-4-5-15-44)41-13-11-32(28)49-27-20-29(39)36(30(40)21-27)42-38(50)43-45-35(46)12-18-51-37(45)26-10-9-24-7-2-3-8-25(24)19-26/h2-3,7-13,18-23,37H,4-6,14-17H2,1H3,(H2,42,43,50). The number of nitrogens with one attached hydrogen (secondary N) is 2. The number of anilines is 1. The number of thioether (sulfide) groups is 1. The van der Waals surface area contributed by atoms with Crippen LogP contribution in [0, 0.1) is 11.6 Å². The fourth-order valence-corrected chi connectivity index (χ4v) is 7.33. The number of likely N-dealkylation sites (tertiary alicyclic amines) is 1. The molecule has 2 aliphatic rings. The minimum atomic E-state index is -0.944. The maximum absolute atomic E-state index is 15.4. The molecule has 2 N–H and O–H groups in total. The van der Waals surface area contributed by atoms with E-state index in [1.165, 1.54) is 35.7 Å². The normalized spacial score (nSPS) is 16.1. The second-order valence-corrected chi connectivity index (χ2v) is 13.5. The summed E-state index contributed by atoms with van der Waals surface area (Å²) < 4.78 is 48.5. The molecule has 1 fully saturated rings. The van der Waals surface area contributed by atoms with Gasteiger partial charge < -0.3 is 24.4 Å². The first-order valence-electron chi connectivity index (χ1n) is 16.6. The number of pyridine rings is 1. The van der Waals surface area contributed by atoms with Gasteiger partial charge in [0.25, 0.3) is 5.91 Å². The monoisotopic (exact) mass is 727 g/mol. The van der Waals surface area contributed by atoms with Gasteiger partial charge in [0.15, 0.2) is 28.2 Å². The number of rotatable bonds is 11. The van der Waals surface area contributed by atoms with Crippen molar-refractivity contribution in [2.45, 2.75) is 24.6 Å². The van der Waals surface area contributed by atoms with Gasteiger partial charge in [0, 0.05) is 42.4 Å². The van der Waals surface area contributed by atoms with Crippen LogP contribution in [-0.2, 0) is 4.79 Å². The van der Waals surface area contributed by atoms with Crippen LogP contribution in [0.25, 0.3) is 21.7 Å². The first-order chi connectivity index (χ1) is 24.9. The zero-order valence-corrected chi connectivity index (χ0v) is 29.4. The number of aromatic nitrogens is 1. The van der Waals surface area contributed by atoms with E-state index in [0.717, 1.165) is 54.5 Å². The van der Waals surface area contributed by atoms with Crippen molar-refractivity contribution in [3.8, 4) is 23.0 Å². The van der Waals surface area contributed by atoms with E-state index in [1.807, 2.05) is 42.5 Å². The van der Waals surface area contributed by atoms with Gasteiger partial charge in [0.1, 0.15) is 22.6 Å². The summed E-state index contributed by atoms with van der Waals surface area (Å²) >= 11 is 6.80. The summed E-state index contributed by atoms with van der Waals surface area (Å²) in [5.74, 6) is -0.962. The zero-order chi connectivity index (χ0) is 35.3. The van der Waals surface area contributed by atoms with Gasteiger partial charge in [-0.25, -0.2) is 13.8 Å². The van der Waals surface area contributed by atoms with Crippen LogP contribution < -0.4 is 25.0 Å². The number of hydrazine groups is 1. The Kier molecular flexibility index (Phi) is 10.5. The third-order valence-corrected chi connectivity index (χ3v) is 9.94. The number of hydrogen-bond acceptors (Lipinski definition) is 8. The number of hydrogen-bond donors (Lipinski definition) is 2. The van der Waals surface area contributed by atoms with E-state index in [2.05, 4.69) is 20.6 Å². The number of ether oxygens (including phenoxy) is 3. The van der Waals surface area contributed by atoms with Crippen LogP contribution in [0.4, 0.5) is 14.5 Å². The molecule has 0 saturated carbocycles. The van der Waals surface area contributed by atoms with Gasteiger partial charge in [0.2, 0.25) is 0 Å². The molecule has 1 atom stereocenters. The van der Waals surface area contributed by atoms with Gasteiger partial charge in [-0.05, 0) is 84.5 Å². The van der Waals surface area contributed by atoms with E-state index < -0.39 is 22.7 Å². The summed E-state index contributed by atoms with van der Waals surface area (Å²) in [7, 11) is 1.55. The van der Waals surface area contributed by atoms with Crippen molar-refractivity contribution < 1.29 is 27.8 Å². The van der Waals surface area contributed by atoms with Crippen LogP contribution in [0.1, 0.15) is 30.2 Å². The van der Waals surface area contributed by atoms with Gasteiger partial charge in [-0.15, -0.1) is 11.8 Å². The first kappa shape index (κ1) is 34.5. The van der Waals surface area contributed by atoms with E-state index in [-0.39, 0.29) is 16.8 Å². The average Bonchev–Trinajstić information content (AvgIpc) is 3.66. The molecule has 1 amide bonds. The van der Waals surface area contributed by atoms with Crippen LogP contribution in [0.2, 0.25) is 0 Å². The predicted molar refractivity (Wildman–Crippen MR) is 200 cm³/mol. The van der Waals surface area contributed by atoms with Crippen LogP contribution >= 0.6 is 24.0 Å². The van der Waals surface area contributed by atoms with E-state index in [1.54, 1.807) is 36.9 Å². The Morgan fingerprint density at radius 3 is 2.55 bits per heavy atom. The molecule has 1 aromatic heterocycles. The Hall–Kier alpha value is -4.98. The lowest BCUT2D eigenvalue weighted by Gasteiger charge is -2.33. The molecule has 9 nitrogen and oxygen atoms in total. The lowest BCUT2D eigenvalue weighted by atomic mass is 10.1. The number of methoxy groups -OCH3 is 1. The van der Waals surface area contributed by atoms with E-state index in [0.29, 0.717) is 34.8 Å². The highest BCUT2D eigenvalue weighted by Crippen LogP contribution is 2.39. The van der Waals surface area contributed by atoms with Crippen molar-refractivity contribution in [2.24, 2.45) is 0 Å². The molecule has 13 heteroatoms. The molecule has 3 heterocycles. The summed E-state index contributed by atoms with van der Waals surface area (Å²) in [4.78, 5) is 19.8. The molecule has 4 aromatic carbocycles. The van der Waals surface area contributed by atoms with E-state index in [9.17, 15) is 4.79 Å². The largest absolute Gasteiger partial charge is 0.493 e. The van der Waals surface area contributed by atoms with Crippen molar-refractivity contribution in [3.63, 3.8) is 0 Å². The molecule has 2 aliphatic heterocycles. The molecule has 262 valence electrons. The number of nitrogens with zero attached hydrogens (tertiary/aromatic N) is 3. The summed E-state index contributed by atoms with van der Waals surface area (Å²) in [5.41, 5.74) is 3.75. The number of benzene rings is 4. The summed E-state index contributed by atoms with van der Waals surface area (Å²) in [6.07, 6.45) is 6.33. The quantitative estimate of drug-likeness (QED) is 0.102. The second kappa shape index (κ2) is 15.5. The van der Waals surface area contributed by atoms with Crippen LogP contribution in [0.15, 0.2) is 90.5 Å². The summed E-state index contributed by atoms with van der Waals surface area (Å²) in [6, 6.07) is 21.0. The predicted octanol–water partition coefficient (Wildman–Crippen LogP) is 8.32. The van der Waals surface area contributed by atoms with Crippen molar-refractivity contribution >= 4 is 62.4 Å². The summed E-state index contributed by atoms with van der Waals surface area (Å²) in [5, 5.41) is 7.61. The number of carbonyl (C=O) groups is 1. The Labute approximate surface area is 303 Å². The molecule has 51 heavy (non-hydrogen) atoms. The smallest absolute Gasteiger partial charge is 0.266 e. The van der Waals surface area contributed by atoms with Gasteiger partial charge in [0.05, 0.1) is 19.2 Å². The molecule has 0 radical (unpaired) electrons. The lowest BCUT2D eigenvalue weighted by Crippen LogP contribution is -2.49. The fraction of sp³-hybridized carbons (Fsp3) is 0.237. The highest BCUT2D eigenvalue weighted by Gasteiger charge is 2.29. The van der Waals surface area contributed by atoms with Crippen molar-refractivity contribution in [2.75, 3.05) is 38.7 Å². The highest BCUT2D eigenvalue weighted by atomic mass is 32.2. The van der Waals surface area contributed by atoms with Crippen molar-refractivity contribution in [1.82, 2.24) is 20.3 Å². The number of thiocarbonyl (C=S) groups is 1. The number of halogens is 2. The molecule has 5 aromatic rings. The highest BCUT2D eigenvalue weighted by molar-refractivity contribution is 8.02. The molecular weight excluding hydrogens is 693 g/mol. The molecule has 1 saturated heterocycles. The van der Waals surface area contributed by atoms with Crippen molar-refractivity contribution in [1.29, 1.82) is 0 Å². The van der Waals surface area contributed by atoms with Gasteiger partial charge in [-0.3, -0.25) is 15.2 Å². The van der Waals surface area contributed by atoms with E-state index in [4.69, 9.17) is 26.4 Å². The Morgan fingerprint density at radius 1 is 0.980 bits per heavy atom. The number of carbonyl (C=O) groups excluding carboxylic acids is 1. The lowest BCUT2D eigenvalue weighted by molar-refractivity contribution is -0.128. The third-order valence-electron chi connectivity index (χ3n) is 8.71. The molecule has 0 spiro atoms. The van der Waals surface area contributed by atoms with Crippen LogP contribution in [-0.4, -0.2) is 59.3 Å². The number of amides is 1. The topological polar surface area (TPSA) is 88.2 Å².